The summed E-state index contributed by atoms with van der Waals surface area (Å²) in [6, 6.07) is 6.56. The van der Waals surface area contributed by atoms with Crippen LogP contribution in [0.1, 0.15) is 15.9 Å². The van der Waals surface area contributed by atoms with Crippen LogP contribution in [0.2, 0.25) is 0 Å². The summed E-state index contributed by atoms with van der Waals surface area (Å²) in [5.74, 6) is -0.547. The van der Waals surface area contributed by atoms with Gasteiger partial charge in [0.15, 0.2) is 5.78 Å². The van der Waals surface area contributed by atoms with Crippen molar-refractivity contribution in [3.63, 3.8) is 0 Å². The topological polar surface area (TPSA) is 115 Å². The van der Waals surface area contributed by atoms with Gasteiger partial charge in [0, 0.05) is 23.8 Å². The van der Waals surface area contributed by atoms with E-state index >= 15 is 0 Å². The van der Waals surface area contributed by atoms with Crippen molar-refractivity contribution in [3.05, 3.63) is 73.8 Å². The summed E-state index contributed by atoms with van der Waals surface area (Å²) in [5, 5.41) is 23.9. The van der Waals surface area contributed by atoms with Crippen molar-refractivity contribution in [3.8, 4) is 0 Å². The lowest BCUT2D eigenvalue weighted by Gasteiger charge is -2.10. The van der Waals surface area contributed by atoms with Crippen molar-refractivity contribution in [2.45, 2.75) is 6.18 Å². The molecule has 26 heavy (non-hydrogen) atoms. The molecule has 0 fully saturated rings. The third-order valence-corrected chi connectivity index (χ3v) is 3.36. The predicted octanol–water partition coefficient (Wildman–Crippen LogP) is 3.82. The van der Waals surface area contributed by atoms with Crippen LogP contribution in [-0.2, 0) is 6.18 Å². The van der Waals surface area contributed by atoms with E-state index in [4.69, 9.17) is 0 Å². The van der Waals surface area contributed by atoms with Crippen molar-refractivity contribution in [2.24, 2.45) is 0 Å². The number of nitro groups is 2. The zero-order valence-corrected chi connectivity index (χ0v) is 12.8. The number of hydrogen-bond acceptors (Lipinski definition) is 6. The summed E-state index contributed by atoms with van der Waals surface area (Å²) in [7, 11) is 0. The number of Topliss-reactive ketones (excluding diaryl/α,β-unsaturated/α-hetero) is 1. The number of non-ortho nitro benzene ring substituents is 1. The van der Waals surface area contributed by atoms with Gasteiger partial charge >= 0.3 is 6.18 Å². The van der Waals surface area contributed by atoms with Crippen LogP contribution in [0.4, 0.5) is 30.2 Å². The summed E-state index contributed by atoms with van der Waals surface area (Å²) in [6.07, 6.45) is -4.74. The van der Waals surface area contributed by atoms with Gasteiger partial charge in [-0.15, -0.1) is 0 Å². The van der Waals surface area contributed by atoms with E-state index in [0.717, 1.165) is 18.2 Å². The Morgan fingerprint density at radius 2 is 1.62 bits per heavy atom. The Kier molecular flexibility index (Phi) is 5.19. The highest BCUT2D eigenvalue weighted by molar-refractivity contribution is 5.99. The highest BCUT2D eigenvalue weighted by Gasteiger charge is 2.33. The second-order valence-corrected chi connectivity index (χ2v) is 5.07. The summed E-state index contributed by atoms with van der Waals surface area (Å²) < 4.78 is 37.9. The van der Waals surface area contributed by atoms with Gasteiger partial charge in [0.05, 0.1) is 22.0 Å². The zero-order chi connectivity index (χ0) is 19.5. The number of alkyl halides is 3. The van der Waals surface area contributed by atoms with Crippen LogP contribution in [0.5, 0.6) is 0 Å². The minimum Gasteiger partial charge on any atom is -0.372 e. The first-order valence-corrected chi connectivity index (χ1v) is 6.97. The van der Waals surface area contributed by atoms with Crippen molar-refractivity contribution in [1.29, 1.82) is 0 Å². The molecule has 136 valence electrons. The maximum absolute atomic E-state index is 12.6. The SMILES string of the molecule is O=C(CNc1ccc(C(F)(F)F)cc1[N+](=O)[O-])c1ccc([N+](=O)[O-])cc1. The molecule has 0 unspecified atom stereocenters. The number of benzene rings is 2. The molecule has 8 nitrogen and oxygen atoms in total. The molecule has 0 atom stereocenters. The molecule has 0 radical (unpaired) electrons. The zero-order valence-electron chi connectivity index (χ0n) is 12.8. The summed E-state index contributed by atoms with van der Waals surface area (Å²) >= 11 is 0. The monoisotopic (exact) mass is 369 g/mol. The van der Waals surface area contributed by atoms with Gasteiger partial charge in [0.25, 0.3) is 11.4 Å². The van der Waals surface area contributed by atoms with Gasteiger partial charge in [0.1, 0.15) is 5.69 Å². The molecule has 2 aromatic carbocycles. The van der Waals surface area contributed by atoms with Crippen LogP contribution in [0.25, 0.3) is 0 Å². The average Bonchev–Trinajstić information content (AvgIpc) is 2.58. The molecule has 0 heterocycles. The smallest absolute Gasteiger partial charge is 0.372 e. The fraction of sp³-hybridized carbons (Fsp3) is 0.133. The van der Waals surface area contributed by atoms with E-state index in [0.29, 0.717) is 12.1 Å². The number of nitro benzene ring substituents is 2. The normalized spacial score (nSPS) is 11.0. The Bertz CT molecular complexity index is 866. The fourth-order valence-electron chi connectivity index (χ4n) is 2.06. The molecule has 0 saturated carbocycles. The van der Waals surface area contributed by atoms with Gasteiger partial charge in [-0.3, -0.25) is 25.0 Å². The fourth-order valence-corrected chi connectivity index (χ4v) is 2.06. The van der Waals surface area contributed by atoms with Gasteiger partial charge in [-0.25, -0.2) is 0 Å². The third kappa shape index (κ3) is 4.32. The highest BCUT2D eigenvalue weighted by atomic mass is 19.4. The largest absolute Gasteiger partial charge is 0.416 e. The molecule has 0 aromatic heterocycles. The van der Waals surface area contributed by atoms with E-state index in [1.807, 2.05) is 0 Å². The van der Waals surface area contributed by atoms with Crippen LogP contribution >= 0.6 is 0 Å². The van der Waals surface area contributed by atoms with E-state index < -0.39 is 39.6 Å². The van der Waals surface area contributed by atoms with Crippen molar-refractivity contribution in [1.82, 2.24) is 0 Å². The van der Waals surface area contributed by atoms with E-state index in [1.54, 1.807) is 0 Å². The Morgan fingerprint density at radius 1 is 1.00 bits per heavy atom. The number of nitrogens with zero attached hydrogens (tertiary/aromatic N) is 2. The molecule has 2 aromatic rings. The first kappa shape index (κ1) is 18.8. The molecular formula is C15H10F3N3O5. The standard InChI is InChI=1S/C15H10F3N3O5/c16-15(17,18)10-3-6-12(13(7-10)21(25)26)19-8-14(22)9-1-4-11(5-2-9)20(23)24/h1-7,19H,8H2. The van der Waals surface area contributed by atoms with E-state index in [9.17, 15) is 38.2 Å². The first-order valence-electron chi connectivity index (χ1n) is 6.97. The molecule has 2 rings (SSSR count). The van der Waals surface area contributed by atoms with Gasteiger partial charge in [0.2, 0.25) is 0 Å². The number of anilines is 1. The lowest BCUT2D eigenvalue weighted by atomic mass is 10.1. The van der Waals surface area contributed by atoms with Crippen molar-refractivity contribution in [2.75, 3.05) is 11.9 Å². The van der Waals surface area contributed by atoms with Gasteiger partial charge < -0.3 is 5.32 Å². The Hall–Kier alpha value is -3.50. The summed E-state index contributed by atoms with van der Waals surface area (Å²) in [6.45, 7) is -0.440. The van der Waals surface area contributed by atoms with Gasteiger partial charge in [-0.1, -0.05) is 0 Å². The van der Waals surface area contributed by atoms with Crippen LogP contribution in [-0.4, -0.2) is 22.2 Å². The maximum Gasteiger partial charge on any atom is 0.416 e. The van der Waals surface area contributed by atoms with Crippen LogP contribution < -0.4 is 5.32 Å². The van der Waals surface area contributed by atoms with E-state index in [-0.39, 0.29) is 16.9 Å². The molecule has 0 aliphatic carbocycles. The van der Waals surface area contributed by atoms with Crippen LogP contribution in [0, 0.1) is 20.2 Å². The molecule has 0 spiro atoms. The lowest BCUT2D eigenvalue weighted by molar-refractivity contribution is -0.384. The number of ketones is 1. The Labute approximate surface area is 143 Å². The van der Waals surface area contributed by atoms with Gasteiger partial charge in [-0.05, 0) is 24.3 Å². The maximum atomic E-state index is 12.6. The average molecular weight is 369 g/mol. The molecule has 0 amide bonds. The minimum absolute atomic E-state index is 0.109. The molecule has 0 aliphatic heterocycles. The lowest BCUT2D eigenvalue weighted by Crippen LogP contribution is -2.15. The van der Waals surface area contributed by atoms with E-state index in [1.165, 1.54) is 12.1 Å². The Balaban J connectivity index is 2.16. The van der Waals surface area contributed by atoms with Gasteiger partial charge in [-0.2, -0.15) is 13.2 Å². The second-order valence-electron chi connectivity index (χ2n) is 5.07. The number of carbonyl (C=O) groups is 1. The quantitative estimate of drug-likeness (QED) is 0.470. The second kappa shape index (κ2) is 7.17. The number of halogens is 3. The minimum atomic E-state index is -4.74. The molecule has 1 N–H and O–H groups in total. The first-order chi connectivity index (χ1) is 12.1. The van der Waals surface area contributed by atoms with Crippen LogP contribution in [0.3, 0.4) is 0 Å². The highest BCUT2D eigenvalue weighted by Crippen LogP contribution is 2.34. The Morgan fingerprint density at radius 3 is 2.12 bits per heavy atom. The summed E-state index contributed by atoms with van der Waals surface area (Å²) in [5.41, 5.74) is -2.36. The number of rotatable bonds is 6. The van der Waals surface area contributed by atoms with Crippen LogP contribution in [0.15, 0.2) is 42.5 Å². The van der Waals surface area contributed by atoms with E-state index in [2.05, 4.69) is 5.32 Å². The molecule has 11 heteroatoms. The number of nitrogens with one attached hydrogen (secondary N) is 1. The molecule has 0 aliphatic rings. The number of carbonyl (C=O) groups excluding carboxylic acids is 1. The summed E-state index contributed by atoms with van der Waals surface area (Å²) in [4.78, 5) is 31.9. The molecule has 0 bridgehead atoms. The van der Waals surface area contributed by atoms with Crippen molar-refractivity contribution < 1.29 is 27.8 Å². The number of hydrogen-bond donors (Lipinski definition) is 1. The third-order valence-electron chi connectivity index (χ3n) is 3.36. The van der Waals surface area contributed by atoms with Crippen molar-refractivity contribution >= 4 is 22.8 Å². The molecular weight excluding hydrogens is 359 g/mol. The molecule has 0 saturated heterocycles. The predicted molar refractivity (Wildman–Crippen MR) is 84.0 cm³/mol.